The van der Waals surface area contributed by atoms with E-state index in [9.17, 15) is 4.79 Å². The molecule has 162 valence electrons. The van der Waals surface area contributed by atoms with Gasteiger partial charge in [0.15, 0.2) is 5.78 Å². The average Bonchev–Trinajstić information content (AvgIpc) is 3.14. The van der Waals surface area contributed by atoms with Crippen LogP contribution in [0.4, 0.5) is 0 Å². The van der Waals surface area contributed by atoms with Gasteiger partial charge >= 0.3 is 0 Å². The van der Waals surface area contributed by atoms with Gasteiger partial charge in [0.2, 0.25) is 0 Å². The molecule has 3 heterocycles. The summed E-state index contributed by atoms with van der Waals surface area (Å²) in [5.41, 5.74) is 3.60. The standard InChI is InChI=1S/C27H26N2O3/c1-18-25(27(30)22-9-4-7-19-6-2-3-8-21(19)22)23-10-5-11-24-26(23)29(18)20(17-32-24)16-28-12-14-31-15-13-28/h2-11,20H,12-17H2,1H3/t20-/m0/s1. The molecule has 2 aliphatic rings. The van der Waals surface area contributed by atoms with Crippen LogP contribution in [0.3, 0.4) is 0 Å². The summed E-state index contributed by atoms with van der Waals surface area (Å²) in [7, 11) is 0. The van der Waals surface area contributed by atoms with E-state index in [-0.39, 0.29) is 11.8 Å². The minimum absolute atomic E-state index is 0.0761. The Morgan fingerprint density at radius 3 is 2.59 bits per heavy atom. The van der Waals surface area contributed by atoms with Crippen molar-refractivity contribution in [2.75, 3.05) is 39.5 Å². The average molecular weight is 427 g/mol. The first-order chi connectivity index (χ1) is 15.7. The Hall–Kier alpha value is -3.15. The van der Waals surface area contributed by atoms with Gasteiger partial charge in [-0.2, -0.15) is 0 Å². The number of para-hydroxylation sites is 1. The largest absolute Gasteiger partial charge is 0.489 e. The zero-order valence-corrected chi connectivity index (χ0v) is 18.2. The molecule has 0 amide bonds. The molecular weight excluding hydrogens is 400 g/mol. The molecule has 1 fully saturated rings. The van der Waals surface area contributed by atoms with Gasteiger partial charge in [-0.1, -0.05) is 54.6 Å². The first kappa shape index (κ1) is 19.5. The Morgan fingerprint density at radius 1 is 0.969 bits per heavy atom. The molecule has 0 aliphatic carbocycles. The fraction of sp³-hybridized carbons (Fsp3) is 0.296. The first-order valence-corrected chi connectivity index (χ1v) is 11.3. The van der Waals surface area contributed by atoms with Crippen molar-refractivity contribution in [3.8, 4) is 5.75 Å². The van der Waals surface area contributed by atoms with Crippen LogP contribution in [0.25, 0.3) is 21.7 Å². The Balaban J connectivity index is 1.50. The van der Waals surface area contributed by atoms with Gasteiger partial charge in [0, 0.05) is 36.3 Å². The molecule has 6 rings (SSSR count). The van der Waals surface area contributed by atoms with Crippen LogP contribution in [0.15, 0.2) is 60.7 Å². The van der Waals surface area contributed by atoms with Gasteiger partial charge in [0.1, 0.15) is 12.4 Å². The normalized spacial score (nSPS) is 18.7. The molecule has 4 aromatic rings. The molecule has 0 bridgehead atoms. The number of morpholine rings is 1. The number of rotatable bonds is 4. The fourth-order valence-corrected chi connectivity index (χ4v) is 5.35. The molecule has 0 saturated carbocycles. The lowest BCUT2D eigenvalue weighted by Gasteiger charge is -2.34. The van der Waals surface area contributed by atoms with Crippen molar-refractivity contribution in [2.45, 2.75) is 13.0 Å². The summed E-state index contributed by atoms with van der Waals surface area (Å²) in [6.45, 7) is 7.00. The zero-order chi connectivity index (χ0) is 21.7. The maximum absolute atomic E-state index is 14.0. The number of carbonyl (C=O) groups is 1. The van der Waals surface area contributed by atoms with Crippen molar-refractivity contribution in [2.24, 2.45) is 0 Å². The van der Waals surface area contributed by atoms with Gasteiger partial charge in [0.25, 0.3) is 0 Å². The topological polar surface area (TPSA) is 43.7 Å². The van der Waals surface area contributed by atoms with E-state index in [4.69, 9.17) is 9.47 Å². The number of hydrogen-bond donors (Lipinski definition) is 0. The van der Waals surface area contributed by atoms with E-state index in [0.29, 0.717) is 6.61 Å². The van der Waals surface area contributed by atoms with Crippen LogP contribution < -0.4 is 4.74 Å². The van der Waals surface area contributed by atoms with Crippen LogP contribution in [0.5, 0.6) is 5.75 Å². The number of hydrogen-bond acceptors (Lipinski definition) is 4. The molecular formula is C27H26N2O3. The zero-order valence-electron chi connectivity index (χ0n) is 18.2. The predicted molar refractivity (Wildman–Crippen MR) is 126 cm³/mol. The number of nitrogens with zero attached hydrogens (tertiary/aromatic N) is 2. The van der Waals surface area contributed by atoms with E-state index in [1.165, 1.54) is 0 Å². The molecule has 2 aliphatic heterocycles. The Morgan fingerprint density at radius 2 is 1.72 bits per heavy atom. The van der Waals surface area contributed by atoms with E-state index in [2.05, 4.69) is 34.6 Å². The summed E-state index contributed by atoms with van der Waals surface area (Å²) >= 11 is 0. The SMILES string of the molecule is Cc1c(C(=O)c2cccc3ccccc23)c2cccc3c2n1[C@@H](CN1CCOCC1)CO3. The smallest absolute Gasteiger partial charge is 0.196 e. The predicted octanol–water partition coefficient (Wildman–Crippen LogP) is 4.60. The van der Waals surface area contributed by atoms with Crippen LogP contribution in [0.2, 0.25) is 0 Å². The number of carbonyl (C=O) groups excluding carboxylic acids is 1. The Kier molecular flexibility index (Phi) is 4.74. The van der Waals surface area contributed by atoms with Gasteiger partial charge in [-0.3, -0.25) is 9.69 Å². The number of ether oxygens (including phenoxy) is 2. The molecule has 0 unspecified atom stereocenters. The monoisotopic (exact) mass is 426 g/mol. The third-order valence-corrected chi connectivity index (χ3v) is 6.86. The summed E-state index contributed by atoms with van der Waals surface area (Å²) in [6, 6.07) is 20.3. The number of ketones is 1. The van der Waals surface area contributed by atoms with Crippen molar-refractivity contribution >= 4 is 27.5 Å². The molecule has 3 aromatic carbocycles. The minimum Gasteiger partial charge on any atom is -0.489 e. The van der Waals surface area contributed by atoms with Crippen LogP contribution in [-0.2, 0) is 4.74 Å². The maximum atomic E-state index is 14.0. The van der Waals surface area contributed by atoms with E-state index in [1.54, 1.807) is 0 Å². The molecule has 1 atom stereocenters. The molecule has 0 N–H and O–H groups in total. The summed E-state index contributed by atoms with van der Waals surface area (Å²) in [5, 5.41) is 3.05. The summed E-state index contributed by atoms with van der Waals surface area (Å²) in [6.07, 6.45) is 0. The van der Waals surface area contributed by atoms with Crippen molar-refractivity contribution in [1.82, 2.24) is 9.47 Å². The van der Waals surface area contributed by atoms with Crippen molar-refractivity contribution in [1.29, 1.82) is 0 Å². The van der Waals surface area contributed by atoms with Gasteiger partial charge in [-0.25, -0.2) is 0 Å². The quantitative estimate of drug-likeness (QED) is 0.448. The Bertz CT molecular complexity index is 1330. The lowest BCUT2D eigenvalue weighted by molar-refractivity contribution is 0.0272. The number of aromatic nitrogens is 1. The van der Waals surface area contributed by atoms with Crippen LogP contribution in [-0.4, -0.2) is 54.7 Å². The highest BCUT2D eigenvalue weighted by Crippen LogP contribution is 2.40. The molecule has 1 aromatic heterocycles. The number of fused-ring (bicyclic) bond motifs is 1. The van der Waals surface area contributed by atoms with Crippen LogP contribution >= 0.6 is 0 Å². The summed E-state index contributed by atoms with van der Waals surface area (Å²) < 4.78 is 14.1. The van der Waals surface area contributed by atoms with Gasteiger partial charge in [-0.15, -0.1) is 0 Å². The van der Waals surface area contributed by atoms with Crippen LogP contribution in [0.1, 0.15) is 27.7 Å². The van der Waals surface area contributed by atoms with E-state index in [1.807, 2.05) is 42.5 Å². The molecule has 5 heteroatoms. The first-order valence-electron chi connectivity index (χ1n) is 11.3. The van der Waals surface area contributed by atoms with Gasteiger partial charge in [-0.05, 0) is 23.8 Å². The summed E-state index contributed by atoms with van der Waals surface area (Å²) in [5.74, 6) is 0.938. The lowest BCUT2D eigenvalue weighted by Crippen LogP contribution is -2.42. The van der Waals surface area contributed by atoms with Crippen molar-refractivity contribution in [3.05, 3.63) is 77.5 Å². The minimum atomic E-state index is 0.0761. The molecule has 0 spiro atoms. The third kappa shape index (κ3) is 3.04. The van der Waals surface area contributed by atoms with Crippen molar-refractivity contribution in [3.63, 3.8) is 0 Å². The highest BCUT2D eigenvalue weighted by atomic mass is 16.5. The van der Waals surface area contributed by atoms with E-state index >= 15 is 0 Å². The second-order valence-electron chi connectivity index (χ2n) is 8.72. The van der Waals surface area contributed by atoms with E-state index in [0.717, 1.165) is 77.1 Å². The highest BCUT2D eigenvalue weighted by Gasteiger charge is 2.31. The second kappa shape index (κ2) is 7.76. The second-order valence-corrected chi connectivity index (χ2v) is 8.72. The van der Waals surface area contributed by atoms with Crippen LogP contribution in [0, 0.1) is 6.92 Å². The molecule has 1 saturated heterocycles. The van der Waals surface area contributed by atoms with E-state index < -0.39 is 0 Å². The summed E-state index contributed by atoms with van der Waals surface area (Å²) in [4.78, 5) is 16.4. The van der Waals surface area contributed by atoms with Crippen molar-refractivity contribution < 1.29 is 14.3 Å². The van der Waals surface area contributed by atoms with Gasteiger partial charge < -0.3 is 14.0 Å². The third-order valence-electron chi connectivity index (χ3n) is 6.86. The number of benzene rings is 3. The Labute approximate surface area is 187 Å². The maximum Gasteiger partial charge on any atom is 0.196 e. The molecule has 0 radical (unpaired) electrons. The van der Waals surface area contributed by atoms with Gasteiger partial charge in [0.05, 0.1) is 30.3 Å². The molecule has 32 heavy (non-hydrogen) atoms. The molecule has 5 nitrogen and oxygen atoms in total. The fourth-order valence-electron chi connectivity index (χ4n) is 5.35. The lowest BCUT2D eigenvalue weighted by atomic mass is 9.95. The highest BCUT2D eigenvalue weighted by molar-refractivity contribution is 6.22.